The second-order valence-electron chi connectivity index (χ2n) is 7.58. The molecular formula is C22H25N3O2S. The zero-order valence-corrected chi connectivity index (χ0v) is 16.8. The van der Waals surface area contributed by atoms with Gasteiger partial charge in [0.1, 0.15) is 5.60 Å². The number of hydrogen-bond acceptors (Lipinski definition) is 5. The number of carbonyl (C=O) groups excluding carboxylic acids is 1. The number of aliphatic hydroxyl groups is 1. The average Bonchev–Trinajstić information content (AvgIpc) is 3.17. The number of carbonyl (C=O) groups is 1. The number of piperidine rings is 1. The SMILES string of the molecule is CC(O)(CNC(=O)C1CCN(c2nc3ccccc3s2)CC1)c1ccccc1. The normalized spacial score (nSPS) is 17.4. The Morgan fingerprint density at radius 3 is 2.57 bits per heavy atom. The number of thiazole rings is 1. The number of nitrogens with one attached hydrogen (secondary N) is 1. The summed E-state index contributed by atoms with van der Waals surface area (Å²) in [6.45, 7) is 3.60. The Hall–Kier alpha value is -2.44. The Bertz CT molecular complexity index is 914. The van der Waals surface area contributed by atoms with Crippen molar-refractivity contribution >= 4 is 32.6 Å². The quantitative estimate of drug-likeness (QED) is 0.694. The number of rotatable bonds is 5. The number of hydrogen-bond donors (Lipinski definition) is 2. The van der Waals surface area contributed by atoms with Gasteiger partial charge in [-0.25, -0.2) is 4.98 Å². The monoisotopic (exact) mass is 395 g/mol. The molecule has 0 bridgehead atoms. The van der Waals surface area contributed by atoms with Gasteiger partial charge >= 0.3 is 0 Å². The summed E-state index contributed by atoms with van der Waals surface area (Å²) in [5.74, 6) is 0.0114. The number of nitrogens with zero attached hydrogens (tertiary/aromatic N) is 2. The van der Waals surface area contributed by atoms with Crippen LogP contribution >= 0.6 is 11.3 Å². The van der Waals surface area contributed by atoms with Crippen LogP contribution in [0.5, 0.6) is 0 Å². The molecule has 2 N–H and O–H groups in total. The second-order valence-corrected chi connectivity index (χ2v) is 8.59. The van der Waals surface area contributed by atoms with Crippen molar-refractivity contribution in [1.82, 2.24) is 10.3 Å². The maximum absolute atomic E-state index is 12.6. The molecule has 28 heavy (non-hydrogen) atoms. The Kier molecular flexibility index (Phi) is 5.33. The van der Waals surface area contributed by atoms with Crippen molar-refractivity contribution in [2.75, 3.05) is 24.5 Å². The first-order valence-electron chi connectivity index (χ1n) is 9.69. The number of anilines is 1. The smallest absolute Gasteiger partial charge is 0.223 e. The number of amides is 1. The molecule has 4 rings (SSSR count). The van der Waals surface area contributed by atoms with Crippen molar-refractivity contribution in [1.29, 1.82) is 0 Å². The predicted molar refractivity (Wildman–Crippen MR) is 114 cm³/mol. The molecule has 146 valence electrons. The van der Waals surface area contributed by atoms with Crippen LogP contribution in [-0.4, -0.2) is 35.6 Å². The van der Waals surface area contributed by atoms with E-state index in [0.717, 1.165) is 42.1 Å². The lowest BCUT2D eigenvalue weighted by Gasteiger charge is -2.32. The fraction of sp³-hybridized carbons (Fsp3) is 0.364. The standard InChI is InChI=1S/C22H25N3O2S/c1-22(27,17-7-3-2-4-8-17)15-23-20(26)16-11-13-25(14-12-16)21-24-18-9-5-6-10-19(18)28-21/h2-10,16,27H,11-15H2,1H3,(H,23,26). The minimum atomic E-state index is -1.07. The second kappa shape index (κ2) is 7.89. The predicted octanol–water partition coefficient (Wildman–Crippen LogP) is 3.54. The Morgan fingerprint density at radius 1 is 1.18 bits per heavy atom. The van der Waals surface area contributed by atoms with Gasteiger partial charge in [-0.2, -0.15) is 0 Å². The lowest BCUT2D eigenvalue weighted by atomic mass is 9.94. The van der Waals surface area contributed by atoms with E-state index in [9.17, 15) is 9.90 Å². The number of benzene rings is 2. The van der Waals surface area contributed by atoms with Crippen LogP contribution in [0.25, 0.3) is 10.2 Å². The maximum Gasteiger partial charge on any atom is 0.223 e. The minimum absolute atomic E-state index is 0.0165. The molecular weight excluding hydrogens is 370 g/mol. The fourth-order valence-corrected chi connectivity index (χ4v) is 4.65. The van der Waals surface area contributed by atoms with Crippen LogP contribution in [0.1, 0.15) is 25.3 Å². The maximum atomic E-state index is 12.6. The van der Waals surface area contributed by atoms with E-state index in [0.29, 0.717) is 0 Å². The summed E-state index contributed by atoms with van der Waals surface area (Å²) in [6, 6.07) is 17.6. The summed E-state index contributed by atoms with van der Waals surface area (Å²) in [7, 11) is 0. The highest BCUT2D eigenvalue weighted by molar-refractivity contribution is 7.22. The molecule has 0 saturated carbocycles. The molecule has 0 radical (unpaired) electrons. The molecule has 0 spiro atoms. The van der Waals surface area contributed by atoms with Crippen LogP contribution in [0.3, 0.4) is 0 Å². The first kappa shape index (κ1) is 18.9. The highest BCUT2D eigenvalue weighted by Crippen LogP contribution is 2.31. The summed E-state index contributed by atoms with van der Waals surface area (Å²) in [4.78, 5) is 19.6. The van der Waals surface area contributed by atoms with E-state index >= 15 is 0 Å². The lowest BCUT2D eigenvalue weighted by molar-refractivity contribution is -0.126. The number of para-hydroxylation sites is 1. The molecule has 0 aliphatic carbocycles. The molecule has 1 amide bonds. The molecule has 1 unspecified atom stereocenters. The molecule has 1 saturated heterocycles. The summed E-state index contributed by atoms with van der Waals surface area (Å²) in [6.07, 6.45) is 1.60. The van der Waals surface area contributed by atoms with E-state index in [4.69, 9.17) is 4.98 Å². The van der Waals surface area contributed by atoms with Gasteiger partial charge in [0.05, 0.1) is 16.8 Å². The van der Waals surface area contributed by atoms with Gasteiger partial charge in [0.15, 0.2) is 5.13 Å². The summed E-state index contributed by atoms with van der Waals surface area (Å²) >= 11 is 1.71. The fourth-order valence-electron chi connectivity index (χ4n) is 3.63. The van der Waals surface area contributed by atoms with E-state index in [1.165, 1.54) is 4.70 Å². The summed E-state index contributed by atoms with van der Waals surface area (Å²) < 4.78 is 1.19. The van der Waals surface area contributed by atoms with Crippen LogP contribution in [0.4, 0.5) is 5.13 Å². The molecule has 1 fully saturated rings. The van der Waals surface area contributed by atoms with Gasteiger partial charge in [-0.05, 0) is 37.5 Å². The molecule has 1 aliphatic rings. The van der Waals surface area contributed by atoms with Crippen molar-refractivity contribution < 1.29 is 9.90 Å². The first-order valence-corrected chi connectivity index (χ1v) is 10.5. The Balaban J connectivity index is 1.31. The van der Waals surface area contributed by atoms with Gasteiger partial charge in [0, 0.05) is 19.0 Å². The van der Waals surface area contributed by atoms with E-state index in [-0.39, 0.29) is 18.4 Å². The third kappa shape index (κ3) is 4.03. The van der Waals surface area contributed by atoms with Gasteiger partial charge in [0.25, 0.3) is 0 Å². The zero-order valence-electron chi connectivity index (χ0n) is 16.0. The lowest BCUT2D eigenvalue weighted by Crippen LogP contribution is -2.44. The molecule has 1 atom stereocenters. The third-order valence-corrected chi connectivity index (χ3v) is 6.52. The van der Waals surface area contributed by atoms with Crippen molar-refractivity contribution in [3.8, 4) is 0 Å². The molecule has 2 heterocycles. The molecule has 1 aliphatic heterocycles. The van der Waals surface area contributed by atoms with Crippen LogP contribution in [0, 0.1) is 5.92 Å². The van der Waals surface area contributed by atoms with E-state index < -0.39 is 5.60 Å². The minimum Gasteiger partial charge on any atom is -0.384 e. The van der Waals surface area contributed by atoms with Crippen molar-refractivity contribution in [3.05, 3.63) is 60.2 Å². The Morgan fingerprint density at radius 2 is 1.86 bits per heavy atom. The van der Waals surface area contributed by atoms with E-state index in [1.807, 2.05) is 48.5 Å². The van der Waals surface area contributed by atoms with E-state index in [1.54, 1.807) is 18.3 Å². The third-order valence-electron chi connectivity index (χ3n) is 5.42. The van der Waals surface area contributed by atoms with Gasteiger partial charge in [-0.1, -0.05) is 53.8 Å². The van der Waals surface area contributed by atoms with Crippen LogP contribution in [-0.2, 0) is 10.4 Å². The topological polar surface area (TPSA) is 65.5 Å². The van der Waals surface area contributed by atoms with Crippen LogP contribution < -0.4 is 10.2 Å². The van der Waals surface area contributed by atoms with Gasteiger partial charge in [-0.15, -0.1) is 0 Å². The van der Waals surface area contributed by atoms with Gasteiger partial charge in [0.2, 0.25) is 5.91 Å². The Labute approximate surface area is 169 Å². The van der Waals surface area contributed by atoms with Crippen molar-refractivity contribution in [3.63, 3.8) is 0 Å². The van der Waals surface area contributed by atoms with Crippen LogP contribution in [0.2, 0.25) is 0 Å². The number of fused-ring (bicyclic) bond motifs is 1. The van der Waals surface area contributed by atoms with E-state index in [2.05, 4.69) is 16.3 Å². The van der Waals surface area contributed by atoms with Gasteiger partial charge in [-0.3, -0.25) is 4.79 Å². The highest BCUT2D eigenvalue weighted by Gasteiger charge is 2.29. The van der Waals surface area contributed by atoms with Gasteiger partial charge < -0.3 is 15.3 Å². The highest BCUT2D eigenvalue weighted by atomic mass is 32.1. The zero-order chi connectivity index (χ0) is 19.6. The number of aromatic nitrogens is 1. The largest absolute Gasteiger partial charge is 0.384 e. The van der Waals surface area contributed by atoms with Crippen molar-refractivity contribution in [2.45, 2.75) is 25.4 Å². The molecule has 5 nitrogen and oxygen atoms in total. The average molecular weight is 396 g/mol. The first-order chi connectivity index (χ1) is 13.5. The molecule has 3 aromatic rings. The summed E-state index contributed by atoms with van der Waals surface area (Å²) in [5, 5.41) is 14.6. The molecule has 1 aromatic heterocycles. The van der Waals surface area contributed by atoms with Crippen LogP contribution in [0.15, 0.2) is 54.6 Å². The molecule has 6 heteroatoms. The summed E-state index contributed by atoms with van der Waals surface area (Å²) in [5.41, 5.74) is 0.769. The van der Waals surface area contributed by atoms with Crippen molar-refractivity contribution in [2.24, 2.45) is 5.92 Å². The molecule has 2 aromatic carbocycles.